The molecule has 2 aliphatic carbocycles. The number of nitrogens with two attached hydrogens (primary N) is 1. The molecule has 1 aromatic rings. The van der Waals surface area contributed by atoms with Gasteiger partial charge in [-0.1, -0.05) is 19.4 Å². The SMILES string of the molecule is CCc1cccnc1C(N)CC1CC2CCC1C2. The van der Waals surface area contributed by atoms with Gasteiger partial charge in [-0.15, -0.1) is 0 Å². The second-order valence-corrected chi connectivity index (χ2v) is 6.18. The van der Waals surface area contributed by atoms with Crippen LogP contribution < -0.4 is 5.73 Å². The predicted octanol–water partition coefficient (Wildman–Crippen LogP) is 3.47. The zero-order valence-corrected chi connectivity index (χ0v) is 11.3. The van der Waals surface area contributed by atoms with Gasteiger partial charge in [-0.05, 0) is 61.5 Å². The summed E-state index contributed by atoms with van der Waals surface area (Å²) in [6, 6.07) is 4.33. The maximum absolute atomic E-state index is 6.42. The lowest BCUT2D eigenvalue weighted by molar-refractivity contribution is 0.294. The van der Waals surface area contributed by atoms with Gasteiger partial charge in [-0.2, -0.15) is 0 Å². The van der Waals surface area contributed by atoms with Crippen molar-refractivity contribution in [1.29, 1.82) is 0 Å². The van der Waals surface area contributed by atoms with Crippen molar-refractivity contribution in [2.45, 2.75) is 51.5 Å². The summed E-state index contributed by atoms with van der Waals surface area (Å²) < 4.78 is 0. The van der Waals surface area contributed by atoms with E-state index in [0.29, 0.717) is 0 Å². The summed E-state index contributed by atoms with van der Waals surface area (Å²) in [6.45, 7) is 2.19. The third-order valence-corrected chi connectivity index (χ3v) is 5.10. The lowest BCUT2D eigenvalue weighted by atomic mass is 9.83. The molecule has 0 amide bonds. The molecule has 0 saturated heterocycles. The molecule has 3 rings (SSSR count). The Morgan fingerprint density at radius 3 is 2.94 bits per heavy atom. The highest BCUT2D eigenvalue weighted by molar-refractivity contribution is 5.22. The highest BCUT2D eigenvalue weighted by Crippen LogP contribution is 2.50. The van der Waals surface area contributed by atoms with Crippen molar-refractivity contribution in [3.05, 3.63) is 29.6 Å². The van der Waals surface area contributed by atoms with E-state index >= 15 is 0 Å². The molecule has 1 aromatic heterocycles. The molecule has 4 unspecified atom stereocenters. The Labute approximate surface area is 110 Å². The normalized spacial score (nSPS) is 31.8. The van der Waals surface area contributed by atoms with Gasteiger partial charge in [0.2, 0.25) is 0 Å². The van der Waals surface area contributed by atoms with Gasteiger partial charge < -0.3 is 5.73 Å². The number of aromatic nitrogens is 1. The van der Waals surface area contributed by atoms with Gasteiger partial charge in [-0.3, -0.25) is 4.98 Å². The zero-order chi connectivity index (χ0) is 12.5. The molecule has 98 valence electrons. The summed E-state index contributed by atoms with van der Waals surface area (Å²) >= 11 is 0. The van der Waals surface area contributed by atoms with E-state index in [0.717, 1.165) is 36.3 Å². The van der Waals surface area contributed by atoms with Crippen LogP contribution in [0.3, 0.4) is 0 Å². The van der Waals surface area contributed by atoms with Crippen molar-refractivity contribution >= 4 is 0 Å². The van der Waals surface area contributed by atoms with Crippen LogP contribution in [0.15, 0.2) is 18.3 Å². The Morgan fingerprint density at radius 2 is 2.28 bits per heavy atom. The average Bonchev–Trinajstić information content (AvgIpc) is 3.01. The molecule has 2 aliphatic rings. The molecule has 2 bridgehead atoms. The minimum absolute atomic E-state index is 0.144. The summed E-state index contributed by atoms with van der Waals surface area (Å²) in [5.74, 6) is 2.85. The number of rotatable bonds is 4. The fourth-order valence-corrected chi connectivity index (χ4v) is 4.19. The van der Waals surface area contributed by atoms with E-state index in [1.165, 1.54) is 31.2 Å². The molecule has 2 fully saturated rings. The van der Waals surface area contributed by atoms with Gasteiger partial charge in [-0.25, -0.2) is 0 Å². The first-order valence-electron chi connectivity index (χ1n) is 7.47. The van der Waals surface area contributed by atoms with E-state index in [2.05, 4.69) is 18.0 Å². The first kappa shape index (κ1) is 12.2. The molecule has 4 atom stereocenters. The quantitative estimate of drug-likeness (QED) is 0.880. The summed E-state index contributed by atoms with van der Waals surface area (Å²) in [5.41, 5.74) is 8.89. The first-order valence-corrected chi connectivity index (χ1v) is 7.47. The Balaban J connectivity index is 1.69. The fraction of sp³-hybridized carbons (Fsp3) is 0.688. The fourth-order valence-electron chi connectivity index (χ4n) is 4.19. The molecule has 18 heavy (non-hydrogen) atoms. The van der Waals surface area contributed by atoms with Crippen LogP contribution in [-0.2, 0) is 6.42 Å². The largest absolute Gasteiger partial charge is 0.323 e. The van der Waals surface area contributed by atoms with Crippen LogP contribution in [0.25, 0.3) is 0 Å². The monoisotopic (exact) mass is 244 g/mol. The second-order valence-electron chi connectivity index (χ2n) is 6.18. The van der Waals surface area contributed by atoms with Gasteiger partial charge in [0, 0.05) is 12.2 Å². The van der Waals surface area contributed by atoms with E-state index in [1.807, 2.05) is 12.3 Å². The van der Waals surface area contributed by atoms with Crippen LogP contribution in [0.4, 0.5) is 0 Å². The number of pyridine rings is 1. The molecule has 1 heterocycles. The lowest BCUT2D eigenvalue weighted by Gasteiger charge is -2.25. The van der Waals surface area contributed by atoms with Crippen LogP contribution in [-0.4, -0.2) is 4.98 Å². The van der Waals surface area contributed by atoms with E-state index in [4.69, 9.17) is 5.73 Å². The minimum atomic E-state index is 0.144. The van der Waals surface area contributed by atoms with Gasteiger partial charge in [0.05, 0.1) is 5.69 Å². The maximum Gasteiger partial charge on any atom is 0.0602 e. The molecular formula is C16H24N2. The van der Waals surface area contributed by atoms with Crippen LogP contribution in [0.2, 0.25) is 0 Å². The van der Waals surface area contributed by atoms with Crippen molar-refractivity contribution in [2.75, 3.05) is 0 Å². The van der Waals surface area contributed by atoms with E-state index in [1.54, 1.807) is 0 Å². The number of nitrogens with zero attached hydrogens (tertiary/aromatic N) is 1. The maximum atomic E-state index is 6.42. The standard InChI is InChI=1S/C16H24N2/c1-2-12-4-3-7-18-16(12)15(17)10-14-9-11-5-6-13(14)8-11/h3-4,7,11,13-15H,2,5-6,8-10,17H2,1H3. The van der Waals surface area contributed by atoms with E-state index in [-0.39, 0.29) is 6.04 Å². The second kappa shape index (κ2) is 5.00. The zero-order valence-electron chi connectivity index (χ0n) is 11.3. The molecule has 0 aromatic carbocycles. The molecule has 2 nitrogen and oxygen atoms in total. The van der Waals surface area contributed by atoms with Crippen molar-refractivity contribution in [3.8, 4) is 0 Å². The Bertz CT molecular complexity index is 415. The third-order valence-electron chi connectivity index (χ3n) is 5.10. The molecule has 0 spiro atoms. The Kier molecular flexibility index (Phi) is 3.38. The molecular weight excluding hydrogens is 220 g/mol. The predicted molar refractivity (Wildman–Crippen MR) is 74.1 cm³/mol. The third kappa shape index (κ3) is 2.18. The first-order chi connectivity index (χ1) is 8.78. The molecule has 2 heteroatoms. The van der Waals surface area contributed by atoms with Crippen LogP contribution in [0, 0.1) is 17.8 Å². The van der Waals surface area contributed by atoms with Crippen molar-refractivity contribution in [1.82, 2.24) is 4.98 Å². The number of aryl methyl sites for hydroxylation is 1. The summed E-state index contributed by atoms with van der Waals surface area (Å²) in [5, 5.41) is 0. The molecule has 2 N–H and O–H groups in total. The molecule has 2 saturated carbocycles. The average molecular weight is 244 g/mol. The van der Waals surface area contributed by atoms with Crippen molar-refractivity contribution < 1.29 is 0 Å². The lowest BCUT2D eigenvalue weighted by Crippen LogP contribution is -2.21. The summed E-state index contributed by atoms with van der Waals surface area (Å²) in [7, 11) is 0. The van der Waals surface area contributed by atoms with Crippen LogP contribution in [0.1, 0.15) is 56.3 Å². The van der Waals surface area contributed by atoms with Crippen molar-refractivity contribution in [2.24, 2.45) is 23.5 Å². The highest BCUT2D eigenvalue weighted by Gasteiger charge is 2.40. The van der Waals surface area contributed by atoms with Crippen molar-refractivity contribution in [3.63, 3.8) is 0 Å². The molecule has 0 radical (unpaired) electrons. The number of hydrogen-bond donors (Lipinski definition) is 1. The smallest absolute Gasteiger partial charge is 0.0602 e. The minimum Gasteiger partial charge on any atom is -0.323 e. The van der Waals surface area contributed by atoms with Crippen LogP contribution >= 0.6 is 0 Å². The Morgan fingerprint density at radius 1 is 1.39 bits per heavy atom. The van der Waals surface area contributed by atoms with Gasteiger partial charge in [0.15, 0.2) is 0 Å². The van der Waals surface area contributed by atoms with E-state index < -0.39 is 0 Å². The number of fused-ring (bicyclic) bond motifs is 2. The van der Waals surface area contributed by atoms with Gasteiger partial charge in [0.1, 0.15) is 0 Å². The molecule has 0 aliphatic heterocycles. The van der Waals surface area contributed by atoms with Gasteiger partial charge in [0.25, 0.3) is 0 Å². The summed E-state index contributed by atoms with van der Waals surface area (Å²) in [4.78, 5) is 4.53. The number of hydrogen-bond acceptors (Lipinski definition) is 2. The highest BCUT2D eigenvalue weighted by atomic mass is 14.8. The topological polar surface area (TPSA) is 38.9 Å². The Hall–Kier alpha value is -0.890. The van der Waals surface area contributed by atoms with E-state index in [9.17, 15) is 0 Å². The van der Waals surface area contributed by atoms with Gasteiger partial charge >= 0.3 is 0 Å². The van der Waals surface area contributed by atoms with Crippen LogP contribution in [0.5, 0.6) is 0 Å². The summed E-state index contributed by atoms with van der Waals surface area (Å²) in [6.07, 6.45) is 9.88.